The molecule has 0 aliphatic carbocycles. The monoisotopic (exact) mass is 456 g/mol. The summed E-state index contributed by atoms with van der Waals surface area (Å²) in [6.45, 7) is 3.80. The first-order valence-corrected chi connectivity index (χ1v) is 10.9. The third kappa shape index (κ3) is 4.40. The molecule has 0 aliphatic heterocycles. The Morgan fingerprint density at radius 2 is 1.84 bits per heavy atom. The molecule has 31 heavy (non-hydrogen) atoms. The SMILES string of the molecule is CCOC(=O)c1nnc2c(-c3ccc(F)cc3)c(C)nn2c1CSc1ccc(Cl)cc1. The van der Waals surface area contributed by atoms with Gasteiger partial charge in [0, 0.05) is 15.7 Å². The summed E-state index contributed by atoms with van der Waals surface area (Å²) in [7, 11) is 0. The number of ether oxygens (including phenoxy) is 1. The average molecular weight is 457 g/mol. The molecule has 2 aromatic heterocycles. The van der Waals surface area contributed by atoms with Crippen molar-refractivity contribution in [3.05, 3.63) is 76.5 Å². The number of hydrogen-bond donors (Lipinski definition) is 0. The first-order chi connectivity index (χ1) is 15.0. The van der Waals surface area contributed by atoms with Crippen molar-refractivity contribution in [2.45, 2.75) is 24.5 Å². The third-order valence-electron chi connectivity index (χ3n) is 4.60. The Balaban J connectivity index is 1.82. The van der Waals surface area contributed by atoms with E-state index in [1.54, 1.807) is 35.7 Å². The standard InChI is InChI=1S/C22H18ClFN4O2S/c1-3-30-22(29)20-18(12-31-17-10-6-15(23)7-11-17)28-21(26-25-20)19(13(2)27-28)14-4-8-16(24)9-5-14/h4-11H,3,12H2,1-2H3. The highest BCUT2D eigenvalue weighted by Crippen LogP contribution is 2.30. The van der Waals surface area contributed by atoms with Crippen molar-refractivity contribution in [3.63, 3.8) is 0 Å². The highest BCUT2D eigenvalue weighted by atomic mass is 35.5. The molecule has 4 aromatic rings. The molecule has 0 fully saturated rings. The predicted molar refractivity (Wildman–Crippen MR) is 118 cm³/mol. The van der Waals surface area contributed by atoms with E-state index in [-0.39, 0.29) is 18.1 Å². The second kappa shape index (κ2) is 9.03. The van der Waals surface area contributed by atoms with Crippen molar-refractivity contribution in [3.8, 4) is 11.1 Å². The maximum Gasteiger partial charge on any atom is 0.360 e. The van der Waals surface area contributed by atoms with Crippen LogP contribution in [-0.2, 0) is 10.5 Å². The van der Waals surface area contributed by atoms with Gasteiger partial charge in [0.05, 0.1) is 23.6 Å². The second-order valence-corrected chi connectivity index (χ2v) is 8.15. The zero-order chi connectivity index (χ0) is 22.0. The van der Waals surface area contributed by atoms with E-state index in [0.717, 1.165) is 16.0 Å². The summed E-state index contributed by atoms with van der Waals surface area (Å²) < 4.78 is 20.2. The zero-order valence-corrected chi connectivity index (χ0v) is 18.4. The van der Waals surface area contributed by atoms with Gasteiger partial charge in [0.1, 0.15) is 5.82 Å². The molecular weight excluding hydrogens is 439 g/mol. The van der Waals surface area contributed by atoms with E-state index in [4.69, 9.17) is 16.3 Å². The van der Waals surface area contributed by atoms with Crippen molar-refractivity contribution in [1.29, 1.82) is 0 Å². The van der Waals surface area contributed by atoms with Crippen LogP contribution in [0.1, 0.15) is 28.8 Å². The number of fused-ring (bicyclic) bond motifs is 1. The summed E-state index contributed by atoms with van der Waals surface area (Å²) >= 11 is 7.49. The van der Waals surface area contributed by atoms with Crippen molar-refractivity contribution >= 4 is 35.0 Å². The van der Waals surface area contributed by atoms with E-state index in [1.807, 2.05) is 19.1 Å². The van der Waals surface area contributed by atoms with Crippen LogP contribution in [0.3, 0.4) is 0 Å². The van der Waals surface area contributed by atoms with Crippen LogP contribution < -0.4 is 0 Å². The normalized spacial score (nSPS) is 11.1. The molecule has 0 saturated carbocycles. The Morgan fingerprint density at radius 3 is 2.52 bits per heavy atom. The number of thioether (sulfide) groups is 1. The topological polar surface area (TPSA) is 69.4 Å². The van der Waals surface area contributed by atoms with Crippen LogP contribution in [0.5, 0.6) is 0 Å². The number of nitrogens with zero attached hydrogens (tertiary/aromatic N) is 4. The van der Waals surface area contributed by atoms with Gasteiger partial charge in [-0.3, -0.25) is 0 Å². The van der Waals surface area contributed by atoms with Crippen LogP contribution in [-0.4, -0.2) is 32.4 Å². The van der Waals surface area contributed by atoms with Crippen molar-refractivity contribution in [1.82, 2.24) is 19.8 Å². The highest BCUT2D eigenvalue weighted by molar-refractivity contribution is 7.98. The smallest absolute Gasteiger partial charge is 0.360 e. The molecule has 2 aromatic carbocycles. The molecule has 6 nitrogen and oxygen atoms in total. The number of aromatic nitrogens is 4. The number of benzene rings is 2. The van der Waals surface area contributed by atoms with Gasteiger partial charge in [0.15, 0.2) is 11.3 Å². The highest BCUT2D eigenvalue weighted by Gasteiger charge is 2.23. The maximum atomic E-state index is 13.4. The summed E-state index contributed by atoms with van der Waals surface area (Å²) in [6.07, 6.45) is 0. The lowest BCUT2D eigenvalue weighted by Crippen LogP contribution is -2.16. The Kier molecular flexibility index (Phi) is 6.20. The Bertz CT molecular complexity index is 1240. The van der Waals surface area contributed by atoms with Gasteiger partial charge in [-0.15, -0.1) is 22.0 Å². The lowest BCUT2D eigenvalue weighted by atomic mass is 10.1. The number of halogens is 2. The van der Waals surface area contributed by atoms with Gasteiger partial charge in [-0.25, -0.2) is 13.7 Å². The van der Waals surface area contributed by atoms with Crippen LogP contribution >= 0.6 is 23.4 Å². The third-order valence-corrected chi connectivity index (χ3v) is 5.88. The number of rotatable bonds is 6. The molecule has 2 heterocycles. The summed E-state index contributed by atoms with van der Waals surface area (Å²) in [5.41, 5.74) is 3.37. The molecule has 0 amide bonds. The molecule has 0 unspecified atom stereocenters. The second-order valence-electron chi connectivity index (χ2n) is 6.66. The van der Waals surface area contributed by atoms with Gasteiger partial charge in [-0.1, -0.05) is 23.7 Å². The number of aryl methyl sites for hydroxylation is 1. The molecular formula is C22H18ClFN4O2S. The van der Waals surface area contributed by atoms with E-state index in [2.05, 4.69) is 15.3 Å². The largest absolute Gasteiger partial charge is 0.461 e. The Morgan fingerprint density at radius 1 is 1.13 bits per heavy atom. The van der Waals surface area contributed by atoms with Gasteiger partial charge in [0.2, 0.25) is 0 Å². The zero-order valence-electron chi connectivity index (χ0n) is 16.8. The molecule has 0 atom stereocenters. The van der Waals surface area contributed by atoms with Gasteiger partial charge in [0.25, 0.3) is 0 Å². The fraction of sp³-hybridized carbons (Fsp3) is 0.182. The van der Waals surface area contributed by atoms with E-state index in [1.165, 1.54) is 23.9 Å². The molecule has 0 radical (unpaired) electrons. The van der Waals surface area contributed by atoms with Crippen molar-refractivity contribution in [2.75, 3.05) is 6.61 Å². The number of carbonyl (C=O) groups excluding carboxylic acids is 1. The van der Waals surface area contributed by atoms with Crippen LogP contribution in [0, 0.1) is 12.7 Å². The van der Waals surface area contributed by atoms with Crippen molar-refractivity contribution in [2.24, 2.45) is 0 Å². The molecule has 4 rings (SSSR count). The van der Waals surface area contributed by atoms with Crippen LogP contribution in [0.4, 0.5) is 4.39 Å². The average Bonchev–Trinajstić information content (AvgIpc) is 3.10. The van der Waals surface area contributed by atoms with E-state index < -0.39 is 5.97 Å². The van der Waals surface area contributed by atoms with E-state index in [0.29, 0.717) is 27.8 Å². The molecule has 0 saturated heterocycles. The molecule has 0 bridgehead atoms. The van der Waals surface area contributed by atoms with Gasteiger partial charge in [-0.2, -0.15) is 5.10 Å². The Labute approximate surface area is 187 Å². The molecule has 0 spiro atoms. The first-order valence-electron chi connectivity index (χ1n) is 9.54. The van der Waals surface area contributed by atoms with Gasteiger partial charge in [-0.05, 0) is 55.8 Å². The minimum Gasteiger partial charge on any atom is -0.461 e. The summed E-state index contributed by atoms with van der Waals surface area (Å²) in [6, 6.07) is 13.5. The number of carbonyl (C=O) groups is 1. The summed E-state index contributed by atoms with van der Waals surface area (Å²) in [4.78, 5) is 13.5. The minimum atomic E-state index is -0.555. The number of esters is 1. The van der Waals surface area contributed by atoms with Crippen LogP contribution in [0.25, 0.3) is 16.8 Å². The Hall–Kier alpha value is -2.97. The fourth-order valence-electron chi connectivity index (χ4n) is 3.18. The summed E-state index contributed by atoms with van der Waals surface area (Å²) in [5, 5.41) is 13.7. The molecule has 158 valence electrons. The van der Waals surface area contributed by atoms with E-state index in [9.17, 15) is 9.18 Å². The van der Waals surface area contributed by atoms with Gasteiger partial charge < -0.3 is 4.74 Å². The quantitative estimate of drug-likeness (QED) is 0.287. The summed E-state index contributed by atoms with van der Waals surface area (Å²) in [5.74, 6) is -0.472. The number of hydrogen-bond acceptors (Lipinski definition) is 6. The minimum absolute atomic E-state index is 0.115. The lowest BCUT2D eigenvalue weighted by Gasteiger charge is -2.10. The van der Waals surface area contributed by atoms with Crippen LogP contribution in [0.15, 0.2) is 53.4 Å². The molecule has 0 N–H and O–H groups in total. The van der Waals surface area contributed by atoms with Crippen LogP contribution in [0.2, 0.25) is 5.02 Å². The van der Waals surface area contributed by atoms with E-state index >= 15 is 0 Å². The van der Waals surface area contributed by atoms with Crippen molar-refractivity contribution < 1.29 is 13.9 Å². The van der Waals surface area contributed by atoms with Gasteiger partial charge >= 0.3 is 5.97 Å². The fourth-order valence-corrected chi connectivity index (χ4v) is 4.19. The lowest BCUT2D eigenvalue weighted by molar-refractivity contribution is 0.0516. The maximum absolute atomic E-state index is 13.4. The first kappa shape index (κ1) is 21.3. The molecule has 9 heteroatoms. The predicted octanol–water partition coefficient (Wildman–Crippen LogP) is 5.36. The molecule has 0 aliphatic rings.